The molecule has 0 aliphatic heterocycles. The molecule has 1 rings (SSSR count). The zero-order valence-corrected chi connectivity index (χ0v) is 9.41. The number of aromatic hydroxyl groups is 1. The third kappa shape index (κ3) is 3.80. The first-order chi connectivity index (χ1) is 6.99. The van der Waals surface area contributed by atoms with Gasteiger partial charge in [0.25, 0.3) is 0 Å². The number of rotatable bonds is 3. The van der Waals surface area contributed by atoms with Crippen molar-refractivity contribution in [3.8, 4) is 5.75 Å². The number of phenols is 1. The van der Waals surface area contributed by atoms with Gasteiger partial charge >= 0.3 is 5.97 Å². The Labute approximate surface area is 93.6 Å². The fourth-order valence-electron chi connectivity index (χ4n) is 1.13. The number of esters is 1. The standard InChI is InChI=1S/C11H13ClO3/c1-7(2)15-11(14)6-8-3-4-10(13)9(12)5-8/h3-5,7,13H,6H2,1-2H3. The van der Waals surface area contributed by atoms with Gasteiger partial charge in [-0.2, -0.15) is 0 Å². The van der Waals surface area contributed by atoms with Gasteiger partial charge < -0.3 is 9.84 Å². The number of hydrogen-bond donors (Lipinski definition) is 1. The van der Waals surface area contributed by atoms with E-state index in [4.69, 9.17) is 16.3 Å². The minimum Gasteiger partial charge on any atom is -0.506 e. The number of carbonyl (C=O) groups excluding carboxylic acids is 1. The van der Waals surface area contributed by atoms with Crippen LogP contribution in [0.15, 0.2) is 18.2 Å². The van der Waals surface area contributed by atoms with Crippen molar-refractivity contribution in [3.05, 3.63) is 28.8 Å². The molecule has 1 N–H and O–H groups in total. The Morgan fingerprint density at radius 2 is 2.20 bits per heavy atom. The highest BCUT2D eigenvalue weighted by atomic mass is 35.5. The Kier molecular flexibility index (Phi) is 3.97. The zero-order valence-electron chi connectivity index (χ0n) is 8.66. The lowest BCUT2D eigenvalue weighted by atomic mass is 10.1. The number of ether oxygens (including phenoxy) is 1. The summed E-state index contributed by atoms with van der Waals surface area (Å²) in [6.45, 7) is 3.59. The molecule has 3 nitrogen and oxygen atoms in total. The third-order valence-electron chi connectivity index (χ3n) is 1.73. The van der Waals surface area contributed by atoms with Crippen LogP contribution in [0.1, 0.15) is 19.4 Å². The Morgan fingerprint density at radius 3 is 2.73 bits per heavy atom. The predicted molar refractivity (Wildman–Crippen MR) is 58.0 cm³/mol. The smallest absolute Gasteiger partial charge is 0.310 e. The van der Waals surface area contributed by atoms with Crippen LogP contribution in [0, 0.1) is 0 Å². The van der Waals surface area contributed by atoms with Crippen molar-refractivity contribution in [2.45, 2.75) is 26.4 Å². The summed E-state index contributed by atoms with van der Waals surface area (Å²) in [5.41, 5.74) is 0.725. The molecule has 0 atom stereocenters. The van der Waals surface area contributed by atoms with Gasteiger partial charge in [0.1, 0.15) is 5.75 Å². The van der Waals surface area contributed by atoms with Crippen molar-refractivity contribution in [1.29, 1.82) is 0 Å². The number of hydrogen-bond acceptors (Lipinski definition) is 3. The average molecular weight is 229 g/mol. The average Bonchev–Trinajstić information content (AvgIpc) is 2.10. The van der Waals surface area contributed by atoms with Crippen molar-refractivity contribution < 1.29 is 14.6 Å². The van der Waals surface area contributed by atoms with Crippen molar-refractivity contribution in [1.82, 2.24) is 0 Å². The van der Waals surface area contributed by atoms with E-state index >= 15 is 0 Å². The van der Waals surface area contributed by atoms with Crippen molar-refractivity contribution in [2.24, 2.45) is 0 Å². The van der Waals surface area contributed by atoms with Gasteiger partial charge in [-0.15, -0.1) is 0 Å². The van der Waals surface area contributed by atoms with E-state index in [1.165, 1.54) is 6.07 Å². The third-order valence-corrected chi connectivity index (χ3v) is 2.03. The fourth-order valence-corrected chi connectivity index (χ4v) is 1.33. The van der Waals surface area contributed by atoms with Crippen molar-refractivity contribution in [3.63, 3.8) is 0 Å². The molecule has 15 heavy (non-hydrogen) atoms. The molecule has 0 fully saturated rings. The van der Waals surface area contributed by atoms with E-state index < -0.39 is 0 Å². The first-order valence-electron chi connectivity index (χ1n) is 4.66. The molecule has 4 heteroatoms. The molecule has 0 heterocycles. The molecule has 0 aliphatic carbocycles. The van der Waals surface area contributed by atoms with Gasteiger partial charge in [0.2, 0.25) is 0 Å². The summed E-state index contributed by atoms with van der Waals surface area (Å²) < 4.78 is 4.98. The molecule has 0 unspecified atom stereocenters. The summed E-state index contributed by atoms with van der Waals surface area (Å²) in [5, 5.41) is 9.42. The fraction of sp³-hybridized carbons (Fsp3) is 0.364. The molecule has 1 aromatic rings. The number of phenolic OH excluding ortho intramolecular Hbond substituents is 1. The SMILES string of the molecule is CC(C)OC(=O)Cc1ccc(O)c(Cl)c1. The van der Waals surface area contributed by atoms with Crippen LogP contribution in [-0.2, 0) is 16.0 Å². The van der Waals surface area contributed by atoms with E-state index in [-0.39, 0.29) is 29.3 Å². The van der Waals surface area contributed by atoms with Crippen LogP contribution in [-0.4, -0.2) is 17.2 Å². The molecular weight excluding hydrogens is 216 g/mol. The quantitative estimate of drug-likeness (QED) is 0.809. The maximum atomic E-state index is 11.3. The minimum atomic E-state index is -0.299. The van der Waals surface area contributed by atoms with Gasteiger partial charge in [0.05, 0.1) is 17.5 Å². The number of halogens is 1. The highest BCUT2D eigenvalue weighted by Gasteiger charge is 2.08. The Morgan fingerprint density at radius 1 is 1.53 bits per heavy atom. The van der Waals surface area contributed by atoms with Gasteiger partial charge in [0, 0.05) is 0 Å². The molecule has 0 radical (unpaired) electrons. The molecule has 1 aromatic carbocycles. The molecule has 0 aliphatic rings. The van der Waals surface area contributed by atoms with Crippen LogP contribution in [0.5, 0.6) is 5.75 Å². The van der Waals surface area contributed by atoms with Gasteiger partial charge in [-0.25, -0.2) is 0 Å². The Bertz CT molecular complexity index is 361. The van der Waals surface area contributed by atoms with E-state index in [2.05, 4.69) is 0 Å². The second kappa shape index (κ2) is 5.03. The lowest BCUT2D eigenvalue weighted by Crippen LogP contribution is -2.13. The van der Waals surface area contributed by atoms with Crippen LogP contribution in [0.3, 0.4) is 0 Å². The predicted octanol–water partition coefficient (Wildman–Crippen LogP) is 2.54. The molecular formula is C11H13ClO3. The maximum Gasteiger partial charge on any atom is 0.310 e. The number of carbonyl (C=O) groups is 1. The largest absolute Gasteiger partial charge is 0.506 e. The molecule has 0 bridgehead atoms. The molecule has 0 saturated heterocycles. The van der Waals surface area contributed by atoms with Crippen molar-refractivity contribution in [2.75, 3.05) is 0 Å². The highest BCUT2D eigenvalue weighted by Crippen LogP contribution is 2.23. The Hall–Kier alpha value is -1.22. The summed E-state index contributed by atoms with van der Waals surface area (Å²) in [6, 6.07) is 4.65. The monoisotopic (exact) mass is 228 g/mol. The highest BCUT2D eigenvalue weighted by molar-refractivity contribution is 6.32. The molecule has 0 spiro atoms. The van der Waals surface area contributed by atoms with Crippen molar-refractivity contribution >= 4 is 17.6 Å². The van der Waals surface area contributed by atoms with Gasteiger partial charge in [0.15, 0.2) is 0 Å². The van der Waals surface area contributed by atoms with Gasteiger partial charge in [-0.1, -0.05) is 17.7 Å². The van der Waals surface area contributed by atoms with E-state index in [0.29, 0.717) is 0 Å². The van der Waals surface area contributed by atoms with Crippen LogP contribution in [0.2, 0.25) is 5.02 Å². The van der Waals surface area contributed by atoms with Crippen LogP contribution in [0.4, 0.5) is 0 Å². The number of benzene rings is 1. The van der Waals surface area contributed by atoms with Crippen LogP contribution < -0.4 is 0 Å². The van der Waals surface area contributed by atoms with Gasteiger partial charge in [-0.3, -0.25) is 4.79 Å². The van der Waals surface area contributed by atoms with E-state index in [9.17, 15) is 9.90 Å². The lowest BCUT2D eigenvalue weighted by molar-refractivity contribution is -0.146. The summed E-state index contributed by atoms with van der Waals surface area (Å²) in [5.74, 6) is -0.288. The zero-order chi connectivity index (χ0) is 11.4. The summed E-state index contributed by atoms with van der Waals surface area (Å²) in [7, 11) is 0. The van der Waals surface area contributed by atoms with E-state index in [1.54, 1.807) is 26.0 Å². The summed E-state index contributed by atoms with van der Waals surface area (Å²) in [4.78, 5) is 11.3. The maximum absolute atomic E-state index is 11.3. The first-order valence-corrected chi connectivity index (χ1v) is 5.03. The topological polar surface area (TPSA) is 46.5 Å². The van der Waals surface area contributed by atoms with Crippen LogP contribution >= 0.6 is 11.6 Å². The van der Waals surface area contributed by atoms with Gasteiger partial charge in [-0.05, 0) is 31.5 Å². The summed E-state index contributed by atoms with van der Waals surface area (Å²) in [6.07, 6.45) is 0.0446. The second-order valence-corrected chi connectivity index (χ2v) is 3.91. The van der Waals surface area contributed by atoms with E-state index in [0.717, 1.165) is 5.56 Å². The van der Waals surface area contributed by atoms with E-state index in [1.807, 2.05) is 0 Å². The minimum absolute atomic E-state index is 0.0117. The second-order valence-electron chi connectivity index (χ2n) is 3.50. The summed E-state index contributed by atoms with van der Waals surface area (Å²) >= 11 is 5.70. The normalized spacial score (nSPS) is 10.4. The lowest BCUT2D eigenvalue weighted by Gasteiger charge is -2.08. The molecule has 82 valence electrons. The molecule has 0 aromatic heterocycles. The van der Waals surface area contributed by atoms with Crippen LogP contribution in [0.25, 0.3) is 0 Å². The molecule has 0 saturated carbocycles. The Balaban J connectivity index is 2.65. The molecule has 0 amide bonds. The first kappa shape index (κ1) is 11.9.